The summed E-state index contributed by atoms with van der Waals surface area (Å²) >= 11 is 5.68. The Kier molecular flexibility index (Phi) is 4.92. The van der Waals surface area contributed by atoms with Crippen LogP contribution in [0.1, 0.15) is 45.1 Å². The molecule has 0 aliphatic rings. The summed E-state index contributed by atoms with van der Waals surface area (Å²) in [5.41, 5.74) is 3.83. The lowest BCUT2D eigenvalue weighted by atomic mass is 9.85. The van der Waals surface area contributed by atoms with Crippen LogP contribution in [0.2, 0.25) is 0 Å². The molecule has 4 heterocycles. The average molecular weight is 486 g/mol. The van der Waals surface area contributed by atoms with Gasteiger partial charge in [-0.2, -0.15) is 0 Å². The summed E-state index contributed by atoms with van der Waals surface area (Å²) in [5.74, 6) is 0.687. The van der Waals surface area contributed by atoms with Crippen LogP contribution in [0.3, 0.4) is 0 Å². The van der Waals surface area contributed by atoms with Crippen LogP contribution < -0.4 is 0 Å². The third-order valence-corrected chi connectivity index (χ3v) is 9.58. The second kappa shape index (κ2) is 7.63. The summed E-state index contributed by atoms with van der Waals surface area (Å²) in [4.78, 5) is 6.40. The molecule has 2 aromatic carbocycles. The van der Waals surface area contributed by atoms with E-state index in [2.05, 4.69) is 82.5 Å². The van der Waals surface area contributed by atoms with E-state index >= 15 is 0 Å². The van der Waals surface area contributed by atoms with E-state index in [1.54, 1.807) is 0 Å². The molecule has 0 amide bonds. The molecule has 0 radical (unpaired) electrons. The molecule has 0 fully saturated rings. The predicted molar refractivity (Wildman–Crippen MR) is 151 cm³/mol. The molecule has 1 nitrogen and oxygen atoms in total. The Bertz CT molecular complexity index is 1650. The Labute approximate surface area is 206 Å². The van der Waals surface area contributed by atoms with Crippen LogP contribution in [-0.4, -0.2) is 4.98 Å². The Morgan fingerprint density at radius 2 is 1.70 bits per heavy atom. The summed E-state index contributed by atoms with van der Waals surface area (Å²) < 4.78 is 5.44. The van der Waals surface area contributed by atoms with E-state index in [1.165, 1.54) is 56.3 Å². The van der Waals surface area contributed by atoms with E-state index in [4.69, 9.17) is 4.98 Å². The first kappa shape index (κ1) is 21.3. The molecule has 0 N–H and O–H groups in total. The standard InChI is InChI=1S/C29H27NS3/c1-16(2)10-20-12-18-13-22-21-6-8-30-26(28(21)33-25(22)15-24(18)32-20)19-11-17-7-9-31-27(17)23(14-19)29(3,4)5/h6-9,11-16H,10H2,1-5H3. The van der Waals surface area contributed by atoms with Gasteiger partial charge >= 0.3 is 0 Å². The molecule has 0 bridgehead atoms. The van der Waals surface area contributed by atoms with Crippen LogP contribution in [-0.2, 0) is 11.8 Å². The van der Waals surface area contributed by atoms with E-state index in [-0.39, 0.29) is 5.41 Å². The summed E-state index contributed by atoms with van der Waals surface area (Å²) in [7, 11) is 0. The van der Waals surface area contributed by atoms with E-state index in [0.717, 1.165) is 12.1 Å². The van der Waals surface area contributed by atoms with E-state index < -0.39 is 0 Å². The maximum Gasteiger partial charge on any atom is 0.0880 e. The van der Waals surface area contributed by atoms with Gasteiger partial charge in [-0.1, -0.05) is 34.6 Å². The molecule has 0 saturated carbocycles. The number of rotatable bonds is 3. The van der Waals surface area contributed by atoms with Gasteiger partial charge in [-0.15, -0.1) is 34.0 Å². The van der Waals surface area contributed by atoms with Gasteiger partial charge in [0.15, 0.2) is 0 Å². The molecule has 0 aliphatic carbocycles. The molecule has 6 rings (SSSR count). The van der Waals surface area contributed by atoms with E-state index in [9.17, 15) is 0 Å². The van der Waals surface area contributed by atoms with Crippen molar-refractivity contribution in [2.45, 2.75) is 46.5 Å². The minimum atomic E-state index is 0.0885. The quantitative estimate of drug-likeness (QED) is 0.243. The van der Waals surface area contributed by atoms with Crippen LogP contribution in [0.25, 0.3) is 51.6 Å². The van der Waals surface area contributed by atoms with Gasteiger partial charge in [-0.05, 0) is 81.9 Å². The van der Waals surface area contributed by atoms with Crippen molar-refractivity contribution < 1.29 is 0 Å². The Morgan fingerprint density at radius 3 is 2.48 bits per heavy atom. The van der Waals surface area contributed by atoms with Crippen molar-refractivity contribution >= 4 is 74.4 Å². The summed E-state index contributed by atoms with van der Waals surface area (Å²) in [6.45, 7) is 11.5. The highest BCUT2D eigenvalue weighted by molar-refractivity contribution is 7.27. The zero-order valence-corrected chi connectivity index (χ0v) is 22.1. The van der Waals surface area contributed by atoms with Crippen LogP contribution >= 0.6 is 34.0 Å². The highest BCUT2D eigenvalue weighted by atomic mass is 32.1. The average Bonchev–Trinajstić information content (AvgIpc) is 3.45. The van der Waals surface area contributed by atoms with Crippen molar-refractivity contribution in [3.63, 3.8) is 0 Å². The molecule has 33 heavy (non-hydrogen) atoms. The number of pyridine rings is 1. The van der Waals surface area contributed by atoms with Crippen molar-refractivity contribution in [3.8, 4) is 11.3 Å². The lowest BCUT2D eigenvalue weighted by molar-refractivity contribution is 0.597. The van der Waals surface area contributed by atoms with Crippen LogP contribution in [0.15, 0.2) is 54.0 Å². The zero-order valence-electron chi connectivity index (χ0n) is 19.7. The van der Waals surface area contributed by atoms with Crippen molar-refractivity contribution in [1.29, 1.82) is 0 Å². The molecular formula is C29H27NS3. The molecule has 4 heteroatoms. The van der Waals surface area contributed by atoms with Gasteiger partial charge in [-0.3, -0.25) is 4.98 Å². The van der Waals surface area contributed by atoms with Crippen LogP contribution in [0.4, 0.5) is 0 Å². The molecule has 0 saturated heterocycles. The number of fused-ring (bicyclic) bond motifs is 5. The SMILES string of the molecule is CC(C)Cc1cc2cc3c(cc2s1)sc1c(-c2cc(C(C)(C)C)c4sccc4c2)nccc13. The second-order valence-electron chi connectivity index (χ2n) is 10.4. The highest BCUT2D eigenvalue weighted by Crippen LogP contribution is 2.44. The third-order valence-electron chi connectivity index (χ3n) is 6.32. The fourth-order valence-electron chi connectivity index (χ4n) is 4.78. The molecule has 0 spiro atoms. The van der Waals surface area contributed by atoms with E-state index in [1.807, 2.05) is 40.2 Å². The molecule has 166 valence electrons. The highest BCUT2D eigenvalue weighted by Gasteiger charge is 2.21. The van der Waals surface area contributed by atoms with Crippen molar-refractivity contribution in [1.82, 2.24) is 4.98 Å². The molecule has 0 atom stereocenters. The minimum absolute atomic E-state index is 0.0885. The number of nitrogens with zero attached hydrogens (tertiary/aromatic N) is 1. The molecular weight excluding hydrogens is 459 g/mol. The fourth-order valence-corrected chi connectivity index (χ4v) is 8.48. The Hall–Kier alpha value is -2.27. The molecule has 6 aromatic rings. The summed E-state index contributed by atoms with van der Waals surface area (Å²) in [6, 6.07) is 16.3. The summed E-state index contributed by atoms with van der Waals surface area (Å²) in [5, 5.41) is 7.57. The topological polar surface area (TPSA) is 12.9 Å². The maximum absolute atomic E-state index is 4.91. The van der Waals surface area contributed by atoms with Crippen LogP contribution in [0, 0.1) is 5.92 Å². The van der Waals surface area contributed by atoms with Gasteiger partial charge in [0.1, 0.15) is 0 Å². The normalized spacial score (nSPS) is 12.8. The van der Waals surface area contributed by atoms with Gasteiger partial charge in [-0.25, -0.2) is 0 Å². The Morgan fingerprint density at radius 1 is 0.848 bits per heavy atom. The first-order valence-electron chi connectivity index (χ1n) is 11.5. The number of hydrogen-bond acceptors (Lipinski definition) is 4. The first-order valence-corrected chi connectivity index (χ1v) is 14.0. The lowest BCUT2D eigenvalue weighted by Crippen LogP contribution is -2.11. The second-order valence-corrected chi connectivity index (χ2v) is 13.6. The minimum Gasteiger partial charge on any atom is -0.255 e. The number of aromatic nitrogens is 1. The maximum atomic E-state index is 4.91. The third kappa shape index (κ3) is 3.60. The van der Waals surface area contributed by atoms with Gasteiger partial charge < -0.3 is 0 Å². The monoisotopic (exact) mass is 485 g/mol. The molecule has 0 aliphatic heterocycles. The van der Waals surface area contributed by atoms with Gasteiger partial charge in [0.25, 0.3) is 0 Å². The molecule has 0 unspecified atom stereocenters. The number of thiophene rings is 3. The van der Waals surface area contributed by atoms with Crippen molar-refractivity contribution in [2.75, 3.05) is 0 Å². The van der Waals surface area contributed by atoms with Crippen LogP contribution in [0.5, 0.6) is 0 Å². The predicted octanol–water partition coefficient (Wildman–Crippen LogP) is 10.0. The van der Waals surface area contributed by atoms with Gasteiger partial charge in [0.05, 0.1) is 10.4 Å². The largest absolute Gasteiger partial charge is 0.255 e. The van der Waals surface area contributed by atoms with Gasteiger partial charge in [0, 0.05) is 41.5 Å². The lowest BCUT2D eigenvalue weighted by Gasteiger charge is -2.21. The smallest absolute Gasteiger partial charge is 0.0880 e. The first-order chi connectivity index (χ1) is 15.8. The Balaban J connectivity index is 1.58. The van der Waals surface area contributed by atoms with Gasteiger partial charge in [0.2, 0.25) is 0 Å². The summed E-state index contributed by atoms with van der Waals surface area (Å²) in [6.07, 6.45) is 3.14. The number of hydrogen-bond donors (Lipinski definition) is 0. The number of benzene rings is 2. The zero-order chi connectivity index (χ0) is 22.9. The molecule has 4 aromatic heterocycles. The van der Waals surface area contributed by atoms with E-state index in [0.29, 0.717) is 5.92 Å². The fraction of sp³-hybridized carbons (Fsp3) is 0.276. The van der Waals surface area contributed by atoms with Crippen molar-refractivity contribution in [2.24, 2.45) is 5.92 Å². The van der Waals surface area contributed by atoms with Crippen molar-refractivity contribution in [3.05, 3.63) is 64.5 Å².